The average Bonchev–Trinajstić information content (AvgIpc) is 2.97. The first-order valence-corrected chi connectivity index (χ1v) is 8.47. The summed E-state index contributed by atoms with van der Waals surface area (Å²) < 4.78 is 32.8. The van der Waals surface area contributed by atoms with Gasteiger partial charge in [-0.2, -0.15) is 0 Å². The monoisotopic (exact) mass is 306 g/mol. The lowest BCUT2D eigenvalue weighted by molar-refractivity contribution is 0.407. The number of nitrogens with two attached hydrogens (primary N) is 1. The van der Waals surface area contributed by atoms with Gasteiger partial charge in [-0.3, -0.25) is 0 Å². The highest BCUT2D eigenvalue weighted by Crippen LogP contribution is 2.30. The topological polar surface area (TPSA) is 85.3 Å². The fourth-order valence-corrected chi connectivity index (χ4v) is 3.93. The molecule has 0 aliphatic heterocycles. The van der Waals surface area contributed by atoms with Crippen LogP contribution in [0, 0.1) is 0 Å². The summed E-state index contributed by atoms with van der Waals surface area (Å²) in [6, 6.07) is 10.8. The van der Waals surface area contributed by atoms with Gasteiger partial charge in [-0.25, -0.2) is 13.1 Å². The minimum atomic E-state index is -3.66. The van der Waals surface area contributed by atoms with E-state index in [0.717, 1.165) is 24.8 Å². The lowest BCUT2D eigenvalue weighted by Gasteiger charge is -2.25. The molecule has 0 fully saturated rings. The van der Waals surface area contributed by atoms with Crippen LogP contribution in [0.5, 0.6) is 0 Å². The van der Waals surface area contributed by atoms with E-state index in [1.807, 2.05) is 18.2 Å². The van der Waals surface area contributed by atoms with Gasteiger partial charge < -0.3 is 10.2 Å². The van der Waals surface area contributed by atoms with Crippen molar-refractivity contribution < 1.29 is 12.8 Å². The van der Waals surface area contributed by atoms with Gasteiger partial charge in [0.15, 0.2) is 0 Å². The first-order valence-electron chi connectivity index (χ1n) is 6.99. The van der Waals surface area contributed by atoms with Crippen LogP contribution in [0.25, 0.3) is 0 Å². The Bertz CT molecular complexity index is 737. The zero-order chi connectivity index (χ0) is 14.9. The van der Waals surface area contributed by atoms with Gasteiger partial charge in [0.2, 0.25) is 5.09 Å². The van der Waals surface area contributed by atoms with E-state index in [1.54, 1.807) is 6.07 Å². The lowest BCUT2D eigenvalue weighted by atomic mass is 9.88. The Morgan fingerprint density at radius 2 is 2.05 bits per heavy atom. The smallest absolute Gasteiger partial charge is 0.274 e. The first kappa shape index (κ1) is 14.3. The predicted molar refractivity (Wildman–Crippen MR) is 79.0 cm³/mol. The Hall–Kier alpha value is -1.63. The van der Waals surface area contributed by atoms with Gasteiger partial charge in [0.05, 0.1) is 6.54 Å². The Kier molecular flexibility index (Phi) is 3.84. The summed E-state index contributed by atoms with van der Waals surface area (Å²) in [5.41, 5.74) is 7.71. The van der Waals surface area contributed by atoms with Crippen LogP contribution in [0.1, 0.15) is 35.8 Å². The number of fused-ring (bicyclic) bond motifs is 1. The Labute approximate surface area is 124 Å². The van der Waals surface area contributed by atoms with Gasteiger partial charge in [-0.1, -0.05) is 24.3 Å². The van der Waals surface area contributed by atoms with E-state index in [-0.39, 0.29) is 17.7 Å². The zero-order valence-corrected chi connectivity index (χ0v) is 12.4. The molecule has 3 rings (SSSR count). The second-order valence-corrected chi connectivity index (χ2v) is 6.83. The molecule has 3 N–H and O–H groups in total. The predicted octanol–water partition coefficient (Wildman–Crippen LogP) is 2.09. The minimum absolute atomic E-state index is 0.0778. The number of sulfonamides is 1. The third kappa shape index (κ3) is 2.88. The van der Waals surface area contributed by atoms with Crippen molar-refractivity contribution in [3.8, 4) is 0 Å². The largest absolute Gasteiger partial charge is 0.447 e. The number of benzene rings is 1. The maximum atomic E-state index is 12.4. The number of rotatable bonds is 4. The van der Waals surface area contributed by atoms with Gasteiger partial charge in [-0.05, 0) is 42.5 Å². The maximum Gasteiger partial charge on any atom is 0.274 e. The molecule has 1 atom stereocenters. The summed E-state index contributed by atoms with van der Waals surface area (Å²) in [4.78, 5) is 0. The molecule has 1 aromatic heterocycles. The summed E-state index contributed by atoms with van der Waals surface area (Å²) >= 11 is 0. The van der Waals surface area contributed by atoms with Gasteiger partial charge in [-0.15, -0.1) is 0 Å². The third-order valence-corrected chi connectivity index (χ3v) is 5.11. The highest BCUT2D eigenvalue weighted by molar-refractivity contribution is 7.89. The molecule has 6 heteroatoms. The Morgan fingerprint density at radius 1 is 1.24 bits per heavy atom. The van der Waals surface area contributed by atoms with Gasteiger partial charge in [0.25, 0.3) is 10.0 Å². The molecule has 0 amide bonds. The number of aryl methyl sites for hydroxylation is 1. The highest BCUT2D eigenvalue weighted by atomic mass is 32.2. The summed E-state index contributed by atoms with van der Waals surface area (Å²) in [6.07, 6.45) is 2.75. The second kappa shape index (κ2) is 5.63. The number of nitrogens with one attached hydrogen (secondary N) is 1. The van der Waals surface area contributed by atoms with Crippen LogP contribution in [0.2, 0.25) is 0 Å². The molecule has 1 aliphatic rings. The highest BCUT2D eigenvalue weighted by Gasteiger charge is 2.27. The molecular weight excluding hydrogens is 288 g/mol. The van der Waals surface area contributed by atoms with Gasteiger partial charge in [0.1, 0.15) is 5.76 Å². The van der Waals surface area contributed by atoms with Crippen LogP contribution in [0.15, 0.2) is 45.9 Å². The molecular formula is C15H18N2O3S. The average molecular weight is 306 g/mol. The van der Waals surface area contributed by atoms with E-state index in [0.29, 0.717) is 5.76 Å². The molecule has 0 saturated heterocycles. The van der Waals surface area contributed by atoms with Crippen molar-refractivity contribution in [1.29, 1.82) is 0 Å². The summed E-state index contributed by atoms with van der Waals surface area (Å²) in [6.45, 7) is 0.182. The van der Waals surface area contributed by atoms with Crippen LogP contribution in [0.4, 0.5) is 0 Å². The van der Waals surface area contributed by atoms with Crippen LogP contribution < -0.4 is 10.5 Å². The molecule has 1 heterocycles. The molecule has 0 bridgehead atoms. The molecule has 5 nitrogen and oxygen atoms in total. The normalized spacial score (nSPS) is 18.4. The van der Waals surface area contributed by atoms with Crippen LogP contribution in [-0.2, 0) is 23.0 Å². The van der Waals surface area contributed by atoms with E-state index >= 15 is 0 Å². The van der Waals surface area contributed by atoms with Crippen LogP contribution in [0.3, 0.4) is 0 Å². The van der Waals surface area contributed by atoms with E-state index in [4.69, 9.17) is 10.2 Å². The molecule has 0 saturated carbocycles. The summed E-state index contributed by atoms with van der Waals surface area (Å²) in [5.74, 6) is 0.458. The van der Waals surface area contributed by atoms with Crippen molar-refractivity contribution in [2.75, 3.05) is 0 Å². The molecule has 1 unspecified atom stereocenters. The van der Waals surface area contributed by atoms with E-state index in [9.17, 15) is 8.42 Å². The minimum Gasteiger partial charge on any atom is -0.447 e. The van der Waals surface area contributed by atoms with Crippen molar-refractivity contribution >= 4 is 10.0 Å². The fourth-order valence-electron chi connectivity index (χ4n) is 2.73. The maximum absolute atomic E-state index is 12.4. The van der Waals surface area contributed by atoms with E-state index in [1.165, 1.54) is 11.6 Å². The molecule has 0 spiro atoms. The number of hydrogen-bond donors (Lipinski definition) is 2. The molecule has 2 aromatic rings. The third-order valence-electron chi connectivity index (χ3n) is 3.77. The van der Waals surface area contributed by atoms with E-state index in [2.05, 4.69) is 10.8 Å². The van der Waals surface area contributed by atoms with Gasteiger partial charge in [0, 0.05) is 6.04 Å². The second-order valence-electron chi connectivity index (χ2n) is 5.19. The number of hydrogen-bond acceptors (Lipinski definition) is 4. The van der Waals surface area contributed by atoms with Crippen molar-refractivity contribution in [3.63, 3.8) is 0 Å². The van der Waals surface area contributed by atoms with Crippen LogP contribution >= 0.6 is 0 Å². The first-order chi connectivity index (χ1) is 10.1. The Balaban J connectivity index is 1.86. The summed E-state index contributed by atoms with van der Waals surface area (Å²) in [5, 5.41) is -0.0778. The van der Waals surface area contributed by atoms with Crippen LogP contribution in [-0.4, -0.2) is 8.42 Å². The van der Waals surface area contributed by atoms with Crippen molar-refractivity contribution in [2.45, 2.75) is 36.9 Å². The van der Waals surface area contributed by atoms with E-state index < -0.39 is 10.0 Å². The molecule has 112 valence electrons. The fraction of sp³-hybridized carbons (Fsp3) is 0.333. The molecule has 1 aliphatic carbocycles. The molecule has 1 aromatic carbocycles. The van der Waals surface area contributed by atoms with Crippen molar-refractivity contribution in [2.24, 2.45) is 5.73 Å². The lowest BCUT2D eigenvalue weighted by Crippen LogP contribution is -2.30. The van der Waals surface area contributed by atoms with Gasteiger partial charge >= 0.3 is 0 Å². The molecule has 21 heavy (non-hydrogen) atoms. The van der Waals surface area contributed by atoms with Crippen molar-refractivity contribution in [3.05, 3.63) is 53.3 Å². The Morgan fingerprint density at radius 3 is 2.81 bits per heavy atom. The summed E-state index contributed by atoms with van der Waals surface area (Å²) in [7, 11) is -3.66. The van der Waals surface area contributed by atoms with Crippen molar-refractivity contribution in [1.82, 2.24) is 4.72 Å². The number of furan rings is 1. The zero-order valence-electron chi connectivity index (χ0n) is 11.6. The molecule has 0 radical (unpaired) electrons. The standard InChI is InChI=1S/C15H18N2O3S/c16-10-12-8-9-15(20-12)21(18,19)17-14-7-3-5-11-4-1-2-6-13(11)14/h1-2,4,6,8-9,14,17H,3,5,7,10,16H2. The quantitative estimate of drug-likeness (QED) is 0.905. The SMILES string of the molecule is NCc1ccc(S(=O)(=O)NC2CCCc3ccccc32)o1.